The molecule has 566 valence electrons. The Bertz CT molecular complexity index is 4300. The number of aliphatic hydroxyl groups excluding tert-OH is 1. The number of halogens is 4. The molecule has 0 spiro atoms. The van der Waals surface area contributed by atoms with E-state index in [0.717, 1.165) is 77.6 Å². The Hall–Kier alpha value is -7.44. The number of hydrogen-bond donors (Lipinski definition) is 5. The van der Waals surface area contributed by atoms with Gasteiger partial charge in [-0.25, -0.2) is 31.5 Å². The van der Waals surface area contributed by atoms with Gasteiger partial charge in [0.1, 0.15) is 22.8 Å². The van der Waals surface area contributed by atoms with Gasteiger partial charge in [-0.05, 0) is 140 Å². The summed E-state index contributed by atoms with van der Waals surface area (Å²) in [7, 11) is -11.2. The van der Waals surface area contributed by atoms with E-state index in [1.807, 2.05) is 106 Å². The van der Waals surface area contributed by atoms with Crippen molar-refractivity contribution in [3.63, 3.8) is 0 Å². The third-order valence-electron chi connectivity index (χ3n) is 20.0. The molecule has 3 saturated heterocycles. The zero-order chi connectivity index (χ0) is 75.6. The van der Waals surface area contributed by atoms with Gasteiger partial charge in [-0.2, -0.15) is 13.2 Å². The van der Waals surface area contributed by atoms with Gasteiger partial charge >= 0.3 is 5.51 Å². The molecule has 3 fully saturated rings. The maximum absolute atomic E-state index is 14.6. The minimum Gasteiger partial charge on any atom is -0.391 e. The number of pyridine rings is 1. The van der Waals surface area contributed by atoms with E-state index in [4.69, 9.17) is 11.6 Å². The molecule has 10 rings (SSSR count). The number of unbranched alkanes of at least 4 members (excludes halogenated alkanes) is 2. The van der Waals surface area contributed by atoms with E-state index < -0.39 is 94.3 Å². The van der Waals surface area contributed by atoms with Gasteiger partial charge in [-0.15, -0.1) is 23.1 Å². The van der Waals surface area contributed by atoms with Gasteiger partial charge in [0.05, 0.1) is 44.4 Å². The maximum Gasteiger partial charge on any atom is 0.501 e. The Morgan fingerprint density at radius 2 is 1.48 bits per heavy atom. The molecule has 21 nitrogen and oxygen atoms in total. The highest BCUT2D eigenvalue weighted by atomic mass is 35.5. The molecule has 105 heavy (non-hydrogen) atoms. The number of sulfone groups is 1. The van der Waals surface area contributed by atoms with Gasteiger partial charge in [0.2, 0.25) is 23.6 Å². The van der Waals surface area contributed by atoms with E-state index in [1.54, 1.807) is 27.8 Å². The molecule has 5 N–H and O–H groups in total. The highest BCUT2D eigenvalue weighted by molar-refractivity contribution is 7.99. The first-order chi connectivity index (χ1) is 49.7. The number of anilines is 2. The van der Waals surface area contributed by atoms with Crippen molar-refractivity contribution in [2.45, 2.75) is 163 Å². The second-order valence-corrected chi connectivity index (χ2v) is 35.5. The first-order valence-electron chi connectivity index (χ1n) is 35.7. The van der Waals surface area contributed by atoms with Crippen LogP contribution in [-0.2, 0) is 39.0 Å². The molecule has 5 atom stereocenters. The Morgan fingerprint density at radius 1 is 0.800 bits per heavy atom. The number of carbonyl (C=O) groups excluding carboxylic acids is 5. The van der Waals surface area contributed by atoms with Crippen LogP contribution in [0.3, 0.4) is 0 Å². The number of alkyl halides is 3. The predicted octanol–water partition coefficient (Wildman–Crippen LogP) is 11.8. The smallest absolute Gasteiger partial charge is 0.391 e. The summed E-state index contributed by atoms with van der Waals surface area (Å²) in [5.74, 6) is -1.61. The number of sulfonamides is 1. The summed E-state index contributed by atoms with van der Waals surface area (Å²) in [6.45, 7) is 19.5. The van der Waals surface area contributed by atoms with Crippen LogP contribution in [0.1, 0.15) is 139 Å². The minimum atomic E-state index is -6.19. The molecule has 4 aromatic carbocycles. The van der Waals surface area contributed by atoms with Crippen LogP contribution in [0, 0.1) is 17.8 Å². The number of allylic oxidation sites excluding steroid dienone is 1. The zero-order valence-corrected chi connectivity index (χ0v) is 64.4. The molecule has 0 unspecified atom stereocenters. The van der Waals surface area contributed by atoms with Gasteiger partial charge in [0, 0.05) is 119 Å². The fourth-order valence-corrected chi connectivity index (χ4v) is 17.8. The van der Waals surface area contributed by atoms with E-state index in [0.29, 0.717) is 88.4 Å². The number of β-amino-alcohol motifs (C(OH)–C–C–N with tert-alkyl or cyclic N) is 1. The Kier molecular flexibility index (Phi) is 26.4. The average molecular weight is 1540 g/mol. The number of benzene rings is 4. The Balaban J connectivity index is 0.690. The number of piperazine rings is 2. The summed E-state index contributed by atoms with van der Waals surface area (Å²) in [5, 5.41) is 20.4. The topological polar surface area (TPSA) is 264 Å². The maximum atomic E-state index is 14.6. The number of thiazole rings is 1. The molecule has 2 aromatic heterocycles. The van der Waals surface area contributed by atoms with Crippen LogP contribution in [0.15, 0.2) is 141 Å². The summed E-state index contributed by atoms with van der Waals surface area (Å²) in [4.78, 5) is 86.8. The number of likely N-dealkylation sites (tertiary alicyclic amines) is 1. The van der Waals surface area contributed by atoms with E-state index in [9.17, 15) is 59.1 Å². The molecule has 0 bridgehead atoms. The van der Waals surface area contributed by atoms with Crippen molar-refractivity contribution in [1.29, 1.82) is 0 Å². The van der Waals surface area contributed by atoms with Crippen LogP contribution in [0.4, 0.5) is 24.7 Å². The van der Waals surface area contributed by atoms with Gasteiger partial charge in [-0.1, -0.05) is 113 Å². The molecule has 5 amide bonds. The van der Waals surface area contributed by atoms with Crippen molar-refractivity contribution >= 4 is 101 Å². The molecule has 3 aliphatic heterocycles. The lowest BCUT2D eigenvalue weighted by Gasteiger charge is -2.39. The monoisotopic (exact) mass is 1540 g/mol. The first-order valence-corrected chi connectivity index (χ1v) is 40.9. The number of nitrogens with one attached hydrogen (secondary N) is 4. The number of hydrogen-bond acceptors (Lipinski definition) is 18. The lowest BCUT2D eigenvalue weighted by Crippen LogP contribution is -2.57. The summed E-state index contributed by atoms with van der Waals surface area (Å²) in [6, 6.07) is 27.3. The van der Waals surface area contributed by atoms with E-state index in [2.05, 4.69) is 66.6 Å². The number of nitrogens with zero attached hydrogens (tertiary/aromatic N) is 7. The molecule has 5 heterocycles. The highest BCUT2D eigenvalue weighted by Gasteiger charge is 2.49. The summed E-state index contributed by atoms with van der Waals surface area (Å²) in [5.41, 5.74) is 1.51. The number of amides is 5. The fraction of sp³-hybridized carbons (Fsp3) is 0.487. The van der Waals surface area contributed by atoms with E-state index >= 15 is 0 Å². The third-order valence-corrected chi connectivity index (χ3v) is 25.3. The van der Waals surface area contributed by atoms with Crippen LogP contribution in [0.5, 0.6) is 0 Å². The molecule has 4 aliphatic rings. The number of aliphatic hydroxyl groups is 1. The van der Waals surface area contributed by atoms with E-state index in [-0.39, 0.29) is 54.4 Å². The van der Waals surface area contributed by atoms with Crippen molar-refractivity contribution in [2.24, 2.45) is 10.8 Å². The minimum absolute atomic E-state index is 0.0464. The van der Waals surface area contributed by atoms with Crippen LogP contribution in [0.2, 0.25) is 5.02 Å². The van der Waals surface area contributed by atoms with Gasteiger partial charge in [0.15, 0.2) is 0 Å². The zero-order valence-electron chi connectivity index (χ0n) is 60.4. The van der Waals surface area contributed by atoms with Crippen molar-refractivity contribution < 1.29 is 59.1 Å². The number of carbonyl (C=O) groups is 5. The standard InChI is InChI=1S/C76H95ClF3N11O10S4/c1-50(52-18-20-54(21-19-52)69-51(2)82-49-103-69)83-72(96)64-42-59(92)47-91(64)73(97)70(74(3,4)5)85-67(93)16-12-9-13-17-68(94)90-40-34-87(35-41-90)33-31-58(48-102-60-14-10-8-11-15-60)84-63-28-27-61(43-65(63)104(98,99)76(78,79)80)105(100,101)86-71(95)55-24-29-66(81-45-55)89-38-36-88(37-39-89)46-56-44-75(6,7)32-30-62(56)53-22-25-57(77)26-23-53/h8,10-11,14-15,18-29,43,45,49-50,58-59,64,70,84,92H,9,12-13,16-17,30-42,44,46-48H2,1-7H3,(H,83,96)(H,85,93)(H,86,95)/t50-,58+,59+,64-,70+/m0/s1. The average Bonchev–Trinajstić information content (AvgIpc) is 0.849. The van der Waals surface area contributed by atoms with Crippen LogP contribution < -0.4 is 25.6 Å². The highest BCUT2D eigenvalue weighted by Crippen LogP contribution is 2.44. The van der Waals surface area contributed by atoms with Crippen molar-refractivity contribution in [1.82, 2.24) is 44.9 Å². The number of aryl methyl sites for hydroxylation is 1. The number of rotatable bonds is 28. The van der Waals surface area contributed by atoms with Crippen LogP contribution in [-0.4, -0.2) is 189 Å². The third kappa shape index (κ3) is 21.0. The van der Waals surface area contributed by atoms with E-state index in [1.165, 1.54) is 45.6 Å². The largest absolute Gasteiger partial charge is 0.501 e. The molecule has 6 aromatic rings. The summed E-state index contributed by atoms with van der Waals surface area (Å²) < 4.78 is 100. The predicted molar refractivity (Wildman–Crippen MR) is 405 cm³/mol. The molecular formula is C76H95ClF3N11O10S4. The summed E-state index contributed by atoms with van der Waals surface area (Å²) in [6.07, 6.45) is 5.49. The lowest BCUT2D eigenvalue weighted by molar-refractivity contribution is -0.144. The molecular weight excluding hydrogens is 1450 g/mol. The number of aromatic nitrogens is 2. The van der Waals surface area contributed by atoms with Gasteiger partial charge in [-0.3, -0.25) is 33.8 Å². The fourth-order valence-electron chi connectivity index (χ4n) is 13.9. The van der Waals surface area contributed by atoms with Gasteiger partial charge in [0.25, 0.3) is 25.8 Å². The summed E-state index contributed by atoms with van der Waals surface area (Å²) >= 11 is 9.16. The van der Waals surface area contributed by atoms with Crippen molar-refractivity contribution in [3.8, 4) is 10.4 Å². The second kappa shape index (κ2) is 34.6. The van der Waals surface area contributed by atoms with Gasteiger partial charge < -0.3 is 35.8 Å². The second-order valence-electron chi connectivity index (χ2n) is 29.6. The molecule has 1 aliphatic carbocycles. The van der Waals surface area contributed by atoms with Crippen molar-refractivity contribution in [3.05, 3.63) is 154 Å². The first kappa shape index (κ1) is 80.1. The van der Waals surface area contributed by atoms with Crippen LogP contribution >= 0.6 is 34.7 Å². The van der Waals surface area contributed by atoms with Crippen LogP contribution in [0.25, 0.3) is 16.0 Å². The Morgan fingerprint density at radius 3 is 2.12 bits per heavy atom. The molecule has 0 saturated carbocycles. The SMILES string of the molecule is Cc1ncsc1-c1ccc([C@H](C)NC(=O)[C@@H]2C[C@@H](O)CN2C(=O)[C@@H](NC(=O)CCCCCC(=O)N2CCN(CC[C@H](CSc3ccccc3)Nc3ccc(S(=O)(=O)NC(=O)c4ccc(N5CCN(CC6=C(c7ccc(Cl)cc7)CCC(C)(C)C6)CC5)nc4)cc3S(=O)(=O)C(F)(F)F)CC2)C(C)(C)C)cc1. The Labute approximate surface area is 627 Å². The molecule has 29 heteroatoms. The quantitative estimate of drug-likeness (QED) is 0.0226. The lowest BCUT2D eigenvalue weighted by atomic mass is 9.73. The molecule has 0 radical (unpaired) electrons. The number of thioether (sulfide) groups is 1. The van der Waals surface area contributed by atoms with Crippen molar-refractivity contribution in [2.75, 3.05) is 88.0 Å². The normalized spacial score (nSPS) is 18.7.